The van der Waals surface area contributed by atoms with Crippen molar-refractivity contribution < 1.29 is 14.6 Å². The van der Waals surface area contributed by atoms with Gasteiger partial charge in [-0.2, -0.15) is 0 Å². The van der Waals surface area contributed by atoms with E-state index in [4.69, 9.17) is 21.4 Å². The maximum Gasteiger partial charge on any atom is 0.334 e. The van der Waals surface area contributed by atoms with E-state index in [0.29, 0.717) is 31.4 Å². The van der Waals surface area contributed by atoms with Crippen LogP contribution in [0.25, 0.3) is 0 Å². The van der Waals surface area contributed by atoms with Gasteiger partial charge in [0, 0.05) is 20.1 Å². The Morgan fingerprint density at radius 2 is 2.53 bits per heavy atom. The molecule has 94 valence electrons. The molecule has 1 aromatic heterocycles. The molecule has 0 aromatic carbocycles. The van der Waals surface area contributed by atoms with Crippen LogP contribution in [0.4, 0.5) is 0 Å². The zero-order chi connectivity index (χ0) is 12.4. The second kappa shape index (κ2) is 5.03. The van der Waals surface area contributed by atoms with Crippen LogP contribution in [-0.4, -0.2) is 51.3 Å². The van der Waals surface area contributed by atoms with Crippen LogP contribution in [0.3, 0.4) is 0 Å². The second-order valence-electron chi connectivity index (χ2n) is 3.99. The lowest BCUT2D eigenvalue weighted by molar-refractivity contribution is -0.156. The smallest absolute Gasteiger partial charge is 0.334 e. The van der Waals surface area contributed by atoms with Gasteiger partial charge in [-0.05, 0) is 0 Å². The van der Waals surface area contributed by atoms with Crippen LogP contribution in [-0.2, 0) is 23.1 Å². The molecule has 1 fully saturated rings. The van der Waals surface area contributed by atoms with Crippen molar-refractivity contribution in [2.24, 2.45) is 7.05 Å². The molecule has 0 spiro atoms. The summed E-state index contributed by atoms with van der Waals surface area (Å²) in [5.41, 5.74) is 0. The highest BCUT2D eigenvalue weighted by atomic mass is 35.5. The third-order valence-corrected chi connectivity index (χ3v) is 3.17. The Balaban J connectivity index is 1.99. The molecule has 0 saturated carbocycles. The van der Waals surface area contributed by atoms with Crippen LogP contribution in [0.15, 0.2) is 6.20 Å². The first-order valence-electron chi connectivity index (χ1n) is 5.31. The SMILES string of the molecule is Cn1c(Cl)cnc1CN1CCOC(C(=O)O)C1. The summed E-state index contributed by atoms with van der Waals surface area (Å²) in [6.07, 6.45) is 0.839. The van der Waals surface area contributed by atoms with E-state index in [2.05, 4.69) is 4.98 Å². The Kier molecular flexibility index (Phi) is 3.66. The molecule has 2 rings (SSSR count). The molecule has 2 heterocycles. The minimum atomic E-state index is -0.924. The van der Waals surface area contributed by atoms with Crippen molar-refractivity contribution in [3.05, 3.63) is 17.2 Å². The average Bonchev–Trinajstić information content (AvgIpc) is 2.61. The summed E-state index contributed by atoms with van der Waals surface area (Å²) in [7, 11) is 1.83. The van der Waals surface area contributed by atoms with Crippen LogP contribution in [0.5, 0.6) is 0 Å². The first kappa shape index (κ1) is 12.3. The van der Waals surface area contributed by atoms with Gasteiger partial charge in [0.2, 0.25) is 0 Å². The van der Waals surface area contributed by atoms with Crippen molar-refractivity contribution in [2.75, 3.05) is 19.7 Å². The van der Waals surface area contributed by atoms with Crippen LogP contribution in [0.1, 0.15) is 5.82 Å². The minimum absolute atomic E-state index is 0.375. The highest BCUT2D eigenvalue weighted by Crippen LogP contribution is 2.13. The molecule has 1 saturated heterocycles. The fourth-order valence-corrected chi connectivity index (χ4v) is 1.91. The number of imidazole rings is 1. The number of carboxylic acids is 1. The van der Waals surface area contributed by atoms with Crippen LogP contribution in [0, 0.1) is 0 Å². The van der Waals surface area contributed by atoms with Crippen molar-refractivity contribution in [2.45, 2.75) is 12.6 Å². The topological polar surface area (TPSA) is 67.6 Å². The van der Waals surface area contributed by atoms with Gasteiger partial charge in [-0.1, -0.05) is 11.6 Å². The molecule has 0 amide bonds. The third-order valence-electron chi connectivity index (χ3n) is 2.82. The van der Waals surface area contributed by atoms with Gasteiger partial charge in [-0.25, -0.2) is 9.78 Å². The van der Waals surface area contributed by atoms with Crippen molar-refractivity contribution in [1.29, 1.82) is 0 Å². The Morgan fingerprint density at radius 3 is 3.12 bits per heavy atom. The summed E-state index contributed by atoms with van der Waals surface area (Å²) in [4.78, 5) is 17.0. The van der Waals surface area contributed by atoms with E-state index in [1.54, 1.807) is 10.8 Å². The van der Waals surface area contributed by atoms with E-state index >= 15 is 0 Å². The van der Waals surface area contributed by atoms with Gasteiger partial charge < -0.3 is 14.4 Å². The molecular formula is C10H14ClN3O3. The third kappa shape index (κ3) is 2.77. The van der Waals surface area contributed by atoms with Crippen molar-refractivity contribution in [3.63, 3.8) is 0 Å². The van der Waals surface area contributed by atoms with Gasteiger partial charge in [0.15, 0.2) is 6.10 Å². The lowest BCUT2D eigenvalue weighted by atomic mass is 10.2. The van der Waals surface area contributed by atoms with Gasteiger partial charge in [0.05, 0.1) is 19.3 Å². The Morgan fingerprint density at radius 1 is 1.76 bits per heavy atom. The van der Waals surface area contributed by atoms with Gasteiger partial charge in [0.1, 0.15) is 11.0 Å². The van der Waals surface area contributed by atoms with E-state index in [1.807, 2.05) is 11.9 Å². The zero-order valence-electron chi connectivity index (χ0n) is 9.47. The Labute approximate surface area is 104 Å². The molecule has 1 unspecified atom stereocenters. The predicted octanol–water partition coefficient (Wildman–Crippen LogP) is 0.359. The van der Waals surface area contributed by atoms with Gasteiger partial charge in [0.25, 0.3) is 0 Å². The number of hydrogen-bond acceptors (Lipinski definition) is 4. The van der Waals surface area contributed by atoms with Crippen molar-refractivity contribution in [1.82, 2.24) is 14.5 Å². The lowest BCUT2D eigenvalue weighted by Gasteiger charge is -2.30. The highest BCUT2D eigenvalue weighted by molar-refractivity contribution is 6.29. The van der Waals surface area contributed by atoms with Crippen LogP contribution < -0.4 is 0 Å². The number of halogens is 1. The van der Waals surface area contributed by atoms with Crippen LogP contribution in [0.2, 0.25) is 5.15 Å². The monoisotopic (exact) mass is 259 g/mol. The summed E-state index contributed by atoms with van der Waals surface area (Å²) in [5.74, 6) is -0.103. The number of ether oxygens (including phenoxy) is 1. The lowest BCUT2D eigenvalue weighted by Crippen LogP contribution is -2.45. The number of carboxylic acid groups (broad SMARTS) is 1. The molecule has 1 aromatic rings. The predicted molar refractivity (Wildman–Crippen MR) is 60.9 cm³/mol. The molecule has 0 bridgehead atoms. The standard InChI is InChI=1S/C10H14ClN3O3/c1-13-8(11)4-12-9(13)6-14-2-3-17-7(5-14)10(15)16/h4,7H,2-3,5-6H2,1H3,(H,15,16). The molecule has 0 aliphatic carbocycles. The van der Waals surface area contributed by atoms with Gasteiger partial charge in [-0.3, -0.25) is 4.90 Å². The summed E-state index contributed by atoms with van der Waals surface area (Å²) in [6, 6.07) is 0. The van der Waals surface area contributed by atoms with Crippen molar-refractivity contribution in [3.8, 4) is 0 Å². The number of aliphatic carboxylic acids is 1. The molecular weight excluding hydrogens is 246 g/mol. The number of aromatic nitrogens is 2. The van der Waals surface area contributed by atoms with Crippen molar-refractivity contribution >= 4 is 17.6 Å². The first-order chi connectivity index (χ1) is 8.08. The first-order valence-corrected chi connectivity index (χ1v) is 5.68. The largest absolute Gasteiger partial charge is 0.479 e. The maximum atomic E-state index is 10.8. The van der Waals surface area contributed by atoms with Crippen LogP contribution >= 0.6 is 11.6 Å². The van der Waals surface area contributed by atoms with E-state index in [-0.39, 0.29) is 0 Å². The summed E-state index contributed by atoms with van der Waals surface area (Å²) < 4.78 is 6.93. The van der Waals surface area contributed by atoms with E-state index < -0.39 is 12.1 Å². The summed E-state index contributed by atoms with van der Waals surface area (Å²) >= 11 is 5.89. The normalized spacial score (nSPS) is 21.6. The molecule has 17 heavy (non-hydrogen) atoms. The summed E-state index contributed by atoms with van der Waals surface area (Å²) in [6.45, 7) is 2.08. The molecule has 6 nitrogen and oxygen atoms in total. The molecule has 7 heteroatoms. The number of morpholine rings is 1. The number of rotatable bonds is 3. The fourth-order valence-electron chi connectivity index (χ4n) is 1.77. The van der Waals surface area contributed by atoms with E-state index in [9.17, 15) is 4.79 Å². The molecule has 0 radical (unpaired) electrons. The van der Waals surface area contributed by atoms with Gasteiger partial charge in [-0.15, -0.1) is 0 Å². The minimum Gasteiger partial charge on any atom is -0.479 e. The molecule has 1 aliphatic rings. The Bertz CT molecular complexity index is 421. The highest BCUT2D eigenvalue weighted by Gasteiger charge is 2.26. The number of carbonyl (C=O) groups is 1. The summed E-state index contributed by atoms with van der Waals surface area (Å²) in [5, 5.41) is 9.46. The molecule has 1 aliphatic heterocycles. The molecule has 1 N–H and O–H groups in total. The maximum absolute atomic E-state index is 10.8. The quantitative estimate of drug-likeness (QED) is 0.849. The van der Waals surface area contributed by atoms with E-state index in [0.717, 1.165) is 5.82 Å². The number of nitrogens with zero attached hydrogens (tertiary/aromatic N) is 3. The Hall–Kier alpha value is -1.11. The number of hydrogen-bond donors (Lipinski definition) is 1. The fraction of sp³-hybridized carbons (Fsp3) is 0.600. The molecule has 1 atom stereocenters. The average molecular weight is 260 g/mol. The zero-order valence-corrected chi connectivity index (χ0v) is 10.2. The van der Waals surface area contributed by atoms with E-state index in [1.165, 1.54) is 0 Å². The van der Waals surface area contributed by atoms with Gasteiger partial charge >= 0.3 is 5.97 Å². The second-order valence-corrected chi connectivity index (χ2v) is 4.38.